The highest BCUT2D eigenvalue weighted by Crippen LogP contribution is 2.39. The summed E-state index contributed by atoms with van der Waals surface area (Å²) in [4.78, 5) is 2.66. The molecule has 0 amide bonds. The molecule has 1 N–H and O–H groups in total. The van der Waals surface area contributed by atoms with Crippen LogP contribution in [0, 0.1) is 5.92 Å². The summed E-state index contributed by atoms with van der Waals surface area (Å²) in [5.74, 6) is 0.955. The quantitative estimate of drug-likeness (QED) is 0.864. The molecule has 3 rings (SSSR count). The predicted molar refractivity (Wildman–Crippen MR) is 80.0 cm³/mol. The van der Waals surface area contributed by atoms with Crippen molar-refractivity contribution in [3.05, 3.63) is 28.2 Å². The van der Waals surface area contributed by atoms with E-state index in [-0.39, 0.29) is 0 Å². The van der Waals surface area contributed by atoms with Gasteiger partial charge in [0.25, 0.3) is 0 Å². The summed E-state index contributed by atoms with van der Waals surface area (Å²) >= 11 is 3.58. The predicted octanol–water partition coefficient (Wildman–Crippen LogP) is 3.55. The van der Waals surface area contributed by atoms with Gasteiger partial charge in [0.1, 0.15) is 0 Å². The van der Waals surface area contributed by atoms with E-state index in [4.69, 9.17) is 0 Å². The summed E-state index contributed by atoms with van der Waals surface area (Å²) in [5, 5.41) is 3.29. The summed E-state index contributed by atoms with van der Waals surface area (Å²) in [7, 11) is 2.02. The molecule has 2 aliphatic rings. The number of hydrogen-bond donors (Lipinski definition) is 1. The highest BCUT2D eigenvalue weighted by atomic mass is 79.9. The van der Waals surface area contributed by atoms with Crippen molar-refractivity contribution in [3.63, 3.8) is 0 Å². The van der Waals surface area contributed by atoms with E-state index in [9.17, 15) is 0 Å². The van der Waals surface area contributed by atoms with Gasteiger partial charge < -0.3 is 10.2 Å². The van der Waals surface area contributed by atoms with Gasteiger partial charge in [0.2, 0.25) is 0 Å². The molecular weight excluding hydrogens is 288 g/mol. The van der Waals surface area contributed by atoms with E-state index in [1.54, 1.807) is 0 Å². The number of nitrogens with one attached hydrogen (secondary N) is 1. The third-order valence-corrected chi connectivity index (χ3v) is 4.35. The molecule has 0 radical (unpaired) electrons. The smallest absolute Gasteiger partial charge is 0.0415 e. The maximum atomic E-state index is 3.58. The lowest BCUT2D eigenvalue weighted by molar-refractivity contribution is 0.708. The monoisotopic (exact) mass is 308 g/mol. The summed E-state index contributed by atoms with van der Waals surface area (Å²) in [5.41, 5.74) is 2.86. The third kappa shape index (κ3) is 2.89. The Labute approximate surface area is 118 Å². The summed E-state index contributed by atoms with van der Waals surface area (Å²) in [6, 6.07) is 7.53. The minimum atomic E-state index is 0.808. The molecule has 0 aromatic heterocycles. The van der Waals surface area contributed by atoms with E-state index in [2.05, 4.69) is 44.3 Å². The Balaban J connectivity index is 1.86. The van der Waals surface area contributed by atoms with Gasteiger partial charge in [-0.25, -0.2) is 0 Å². The Morgan fingerprint density at radius 3 is 2.67 bits per heavy atom. The highest BCUT2D eigenvalue weighted by molar-refractivity contribution is 9.10. The topological polar surface area (TPSA) is 15.3 Å². The second kappa shape index (κ2) is 5.22. The molecule has 1 aromatic carbocycles. The van der Waals surface area contributed by atoms with Crippen molar-refractivity contribution in [2.45, 2.75) is 38.3 Å². The zero-order valence-corrected chi connectivity index (χ0v) is 12.5. The number of nitrogens with zero attached hydrogens (tertiary/aromatic N) is 1. The van der Waals surface area contributed by atoms with Crippen LogP contribution in [-0.2, 0) is 6.54 Å². The molecule has 0 saturated heterocycles. The Kier molecular flexibility index (Phi) is 3.62. The van der Waals surface area contributed by atoms with Crippen molar-refractivity contribution in [1.29, 1.82) is 0 Å². The molecule has 2 fully saturated rings. The van der Waals surface area contributed by atoms with Crippen molar-refractivity contribution in [2.24, 2.45) is 5.92 Å². The Bertz CT molecular complexity index is 425. The summed E-state index contributed by atoms with van der Waals surface area (Å²) in [6.45, 7) is 2.21. The Hall–Kier alpha value is -0.540. The van der Waals surface area contributed by atoms with Gasteiger partial charge in [0.05, 0.1) is 0 Å². The van der Waals surface area contributed by atoms with Crippen LogP contribution >= 0.6 is 15.9 Å². The minimum Gasteiger partial charge on any atom is -0.368 e. The molecule has 0 spiro atoms. The summed E-state index contributed by atoms with van der Waals surface area (Å²) in [6.07, 6.45) is 5.62. The zero-order chi connectivity index (χ0) is 12.5. The zero-order valence-electron chi connectivity index (χ0n) is 11.0. The van der Waals surface area contributed by atoms with Gasteiger partial charge in [-0.1, -0.05) is 15.9 Å². The number of rotatable bonds is 6. The first-order valence-electron chi connectivity index (χ1n) is 6.97. The molecule has 1 aromatic rings. The molecule has 0 atom stereocenters. The van der Waals surface area contributed by atoms with Crippen LogP contribution in [0.25, 0.3) is 0 Å². The lowest BCUT2D eigenvalue weighted by atomic mass is 10.1. The lowest BCUT2D eigenvalue weighted by Gasteiger charge is -2.27. The van der Waals surface area contributed by atoms with Crippen molar-refractivity contribution < 1.29 is 0 Å². The lowest BCUT2D eigenvalue weighted by Crippen LogP contribution is -2.29. The van der Waals surface area contributed by atoms with Crippen molar-refractivity contribution >= 4 is 21.6 Å². The highest BCUT2D eigenvalue weighted by Gasteiger charge is 2.34. The largest absolute Gasteiger partial charge is 0.368 e. The van der Waals surface area contributed by atoms with Crippen LogP contribution in [0.3, 0.4) is 0 Å². The van der Waals surface area contributed by atoms with Gasteiger partial charge in [0, 0.05) is 29.3 Å². The molecule has 18 heavy (non-hydrogen) atoms. The minimum absolute atomic E-state index is 0.808. The molecule has 0 bridgehead atoms. The van der Waals surface area contributed by atoms with Gasteiger partial charge in [-0.05, 0) is 62.4 Å². The summed E-state index contributed by atoms with van der Waals surface area (Å²) < 4.78 is 1.18. The second-order valence-electron chi connectivity index (χ2n) is 5.63. The fraction of sp³-hybridized carbons (Fsp3) is 0.600. The normalized spacial score (nSPS) is 19.0. The first-order chi connectivity index (χ1) is 8.78. The van der Waals surface area contributed by atoms with Gasteiger partial charge in [-0.2, -0.15) is 0 Å². The standard InChI is InChI=1S/C15H21BrN2/c1-17-9-12-8-13(16)4-7-15(12)18(14-5-6-14)10-11-2-3-11/h4,7-8,11,14,17H,2-3,5-6,9-10H2,1H3. The van der Waals surface area contributed by atoms with Crippen molar-refractivity contribution in [3.8, 4) is 0 Å². The first kappa shape index (κ1) is 12.5. The van der Waals surface area contributed by atoms with Gasteiger partial charge in [-0.15, -0.1) is 0 Å². The van der Waals surface area contributed by atoms with E-state index < -0.39 is 0 Å². The van der Waals surface area contributed by atoms with Crippen molar-refractivity contribution in [1.82, 2.24) is 5.32 Å². The van der Waals surface area contributed by atoms with E-state index >= 15 is 0 Å². The van der Waals surface area contributed by atoms with Gasteiger partial charge >= 0.3 is 0 Å². The number of anilines is 1. The number of hydrogen-bond acceptors (Lipinski definition) is 2. The van der Waals surface area contributed by atoms with Crippen LogP contribution in [0.4, 0.5) is 5.69 Å². The maximum absolute atomic E-state index is 3.58. The maximum Gasteiger partial charge on any atom is 0.0415 e. The molecule has 2 aliphatic carbocycles. The van der Waals surface area contributed by atoms with Crippen molar-refractivity contribution in [2.75, 3.05) is 18.5 Å². The van der Waals surface area contributed by atoms with E-state index in [0.717, 1.165) is 18.5 Å². The van der Waals surface area contributed by atoms with Gasteiger partial charge in [0.15, 0.2) is 0 Å². The molecule has 0 unspecified atom stereocenters. The van der Waals surface area contributed by atoms with E-state index in [1.165, 1.54) is 48.0 Å². The van der Waals surface area contributed by atoms with E-state index in [1.807, 2.05) is 7.05 Å². The van der Waals surface area contributed by atoms with Crippen LogP contribution < -0.4 is 10.2 Å². The Morgan fingerprint density at radius 2 is 2.06 bits per heavy atom. The van der Waals surface area contributed by atoms with E-state index in [0.29, 0.717) is 0 Å². The third-order valence-electron chi connectivity index (χ3n) is 3.86. The van der Waals surface area contributed by atoms with Crippen LogP contribution in [0.15, 0.2) is 22.7 Å². The average Bonchev–Trinajstić information content (AvgIpc) is 3.22. The fourth-order valence-corrected chi connectivity index (χ4v) is 2.98. The first-order valence-corrected chi connectivity index (χ1v) is 7.77. The van der Waals surface area contributed by atoms with Crippen LogP contribution in [0.2, 0.25) is 0 Å². The van der Waals surface area contributed by atoms with Gasteiger partial charge in [-0.3, -0.25) is 0 Å². The molecule has 98 valence electrons. The molecule has 0 heterocycles. The van der Waals surface area contributed by atoms with Crippen LogP contribution in [0.1, 0.15) is 31.2 Å². The SMILES string of the molecule is CNCc1cc(Br)ccc1N(CC1CC1)C1CC1. The number of benzene rings is 1. The molecule has 2 nitrogen and oxygen atoms in total. The molecule has 0 aliphatic heterocycles. The second-order valence-corrected chi connectivity index (χ2v) is 6.55. The number of halogens is 1. The molecular formula is C15H21BrN2. The van der Waals surface area contributed by atoms with Crippen LogP contribution in [0.5, 0.6) is 0 Å². The molecule has 2 saturated carbocycles. The average molecular weight is 309 g/mol. The van der Waals surface area contributed by atoms with Crippen LogP contribution in [-0.4, -0.2) is 19.6 Å². The Morgan fingerprint density at radius 1 is 1.28 bits per heavy atom. The molecule has 3 heteroatoms. The fourth-order valence-electron chi connectivity index (χ4n) is 2.58.